The lowest BCUT2D eigenvalue weighted by molar-refractivity contribution is -0.132. The Morgan fingerprint density at radius 2 is 2.22 bits per heavy atom. The van der Waals surface area contributed by atoms with Crippen LogP contribution < -0.4 is 5.73 Å². The molecule has 0 aliphatic carbocycles. The van der Waals surface area contributed by atoms with E-state index in [-0.39, 0.29) is 5.91 Å². The number of hydrogen-bond acceptors (Lipinski definition) is 2. The molecule has 98 valence electrons. The number of benzene rings is 1. The molecule has 0 saturated carbocycles. The summed E-state index contributed by atoms with van der Waals surface area (Å²) in [6, 6.07) is 8.10. The van der Waals surface area contributed by atoms with E-state index in [2.05, 4.69) is 13.0 Å². The molecule has 2 N–H and O–H groups in total. The van der Waals surface area contributed by atoms with E-state index in [1.54, 1.807) is 0 Å². The Morgan fingerprint density at radius 1 is 1.44 bits per heavy atom. The van der Waals surface area contributed by atoms with Gasteiger partial charge in [-0.15, -0.1) is 0 Å². The van der Waals surface area contributed by atoms with Gasteiger partial charge in [-0.1, -0.05) is 24.3 Å². The molecule has 0 bridgehead atoms. The predicted molar refractivity (Wildman–Crippen MR) is 73.2 cm³/mol. The maximum atomic E-state index is 12.3. The second kappa shape index (κ2) is 6.01. The molecule has 1 aliphatic rings. The van der Waals surface area contributed by atoms with Crippen LogP contribution in [0.1, 0.15) is 24.0 Å². The third kappa shape index (κ3) is 3.10. The molecule has 1 aromatic rings. The number of carbonyl (C=O) groups is 1. The van der Waals surface area contributed by atoms with Crippen molar-refractivity contribution >= 4 is 5.91 Å². The molecule has 3 heteroatoms. The Labute approximate surface area is 109 Å². The van der Waals surface area contributed by atoms with E-state index >= 15 is 0 Å². The summed E-state index contributed by atoms with van der Waals surface area (Å²) in [6.07, 6.45) is 2.76. The molecule has 2 rings (SSSR count). The second-order valence-corrected chi connectivity index (χ2v) is 5.19. The van der Waals surface area contributed by atoms with Crippen molar-refractivity contribution in [3.8, 4) is 0 Å². The first-order valence-electron chi connectivity index (χ1n) is 6.73. The fraction of sp³-hybridized carbons (Fsp3) is 0.533. The van der Waals surface area contributed by atoms with Crippen LogP contribution in [0.15, 0.2) is 24.3 Å². The Hall–Kier alpha value is -1.35. The molecule has 1 atom stereocenters. The van der Waals surface area contributed by atoms with Crippen LogP contribution in [-0.2, 0) is 11.2 Å². The Morgan fingerprint density at radius 3 is 2.94 bits per heavy atom. The minimum absolute atomic E-state index is 0.238. The molecule has 1 fully saturated rings. The second-order valence-electron chi connectivity index (χ2n) is 5.19. The molecule has 1 aliphatic heterocycles. The fourth-order valence-corrected chi connectivity index (χ4v) is 2.57. The summed E-state index contributed by atoms with van der Waals surface area (Å²) < 4.78 is 0. The molecule has 0 spiro atoms. The first-order valence-corrected chi connectivity index (χ1v) is 6.73. The quantitative estimate of drug-likeness (QED) is 0.883. The van der Waals surface area contributed by atoms with Gasteiger partial charge >= 0.3 is 0 Å². The van der Waals surface area contributed by atoms with Crippen molar-refractivity contribution in [1.29, 1.82) is 0 Å². The van der Waals surface area contributed by atoms with Gasteiger partial charge in [0.1, 0.15) is 0 Å². The summed E-state index contributed by atoms with van der Waals surface area (Å²) in [4.78, 5) is 14.2. The molecule has 1 unspecified atom stereocenters. The van der Waals surface area contributed by atoms with Gasteiger partial charge in [-0.05, 0) is 43.4 Å². The zero-order valence-electron chi connectivity index (χ0n) is 11.1. The molecule has 1 amide bonds. The highest BCUT2D eigenvalue weighted by atomic mass is 16.2. The molecular weight excluding hydrogens is 224 g/mol. The lowest BCUT2D eigenvalue weighted by Gasteiger charge is -2.32. The van der Waals surface area contributed by atoms with Crippen LogP contribution in [0.4, 0.5) is 0 Å². The fourth-order valence-electron chi connectivity index (χ4n) is 2.57. The van der Waals surface area contributed by atoms with E-state index in [1.807, 2.05) is 23.1 Å². The number of piperidine rings is 1. The Kier molecular flexibility index (Phi) is 4.37. The van der Waals surface area contributed by atoms with Crippen LogP contribution in [0.5, 0.6) is 0 Å². The van der Waals surface area contributed by atoms with Gasteiger partial charge in [0.2, 0.25) is 5.91 Å². The van der Waals surface area contributed by atoms with Crippen molar-refractivity contribution in [2.45, 2.75) is 26.2 Å². The molecule has 0 radical (unpaired) electrons. The van der Waals surface area contributed by atoms with Crippen LogP contribution in [0.2, 0.25) is 0 Å². The van der Waals surface area contributed by atoms with E-state index in [1.165, 1.54) is 5.56 Å². The number of rotatable bonds is 3. The summed E-state index contributed by atoms with van der Waals surface area (Å²) in [5.74, 6) is 0.724. The van der Waals surface area contributed by atoms with Crippen molar-refractivity contribution in [3.05, 3.63) is 35.4 Å². The Balaban J connectivity index is 1.97. The van der Waals surface area contributed by atoms with E-state index in [9.17, 15) is 4.79 Å². The number of carbonyl (C=O) groups excluding carboxylic acids is 1. The van der Waals surface area contributed by atoms with Crippen molar-refractivity contribution in [1.82, 2.24) is 4.90 Å². The van der Waals surface area contributed by atoms with E-state index in [4.69, 9.17) is 5.73 Å². The maximum Gasteiger partial charge on any atom is 0.227 e. The molecule has 1 heterocycles. The van der Waals surface area contributed by atoms with Crippen molar-refractivity contribution in [3.63, 3.8) is 0 Å². The van der Waals surface area contributed by atoms with E-state index < -0.39 is 0 Å². The normalized spacial score (nSPS) is 19.9. The summed E-state index contributed by atoms with van der Waals surface area (Å²) in [5.41, 5.74) is 8.03. The maximum absolute atomic E-state index is 12.3. The zero-order valence-corrected chi connectivity index (χ0v) is 11.1. The average molecular weight is 246 g/mol. The summed E-state index contributed by atoms with van der Waals surface area (Å²) in [5, 5.41) is 0. The first kappa shape index (κ1) is 13.1. The molecule has 1 saturated heterocycles. The first-order chi connectivity index (χ1) is 8.70. The van der Waals surface area contributed by atoms with Gasteiger partial charge in [0.15, 0.2) is 0 Å². The average Bonchev–Trinajstić information content (AvgIpc) is 2.41. The zero-order chi connectivity index (χ0) is 13.0. The number of nitrogens with two attached hydrogens (primary N) is 1. The SMILES string of the molecule is Cc1ccccc1CC(=O)N1CCCC(CN)C1. The van der Waals surface area contributed by atoms with Gasteiger partial charge in [0.25, 0.3) is 0 Å². The van der Waals surface area contributed by atoms with Gasteiger partial charge in [0.05, 0.1) is 6.42 Å². The summed E-state index contributed by atoms with van der Waals surface area (Å²) >= 11 is 0. The van der Waals surface area contributed by atoms with Crippen molar-refractivity contribution in [2.75, 3.05) is 19.6 Å². The molecule has 3 nitrogen and oxygen atoms in total. The number of hydrogen-bond donors (Lipinski definition) is 1. The minimum atomic E-state index is 0.238. The van der Waals surface area contributed by atoms with Gasteiger partial charge in [-0.2, -0.15) is 0 Å². The van der Waals surface area contributed by atoms with Crippen LogP contribution in [0, 0.1) is 12.8 Å². The van der Waals surface area contributed by atoms with Gasteiger partial charge in [0, 0.05) is 13.1 Å². The number of aryl methyl sites for hydroxylation is 1. The number of amides is 1. The van der Waals surface area contributed by atoms with Crippen LogP contribution in [0.25, 0.3) is 0 Å². The van der Waals surface area contributed by atoms with Gasteiger partial charge < -0.3 is 10.6 Å². The Bertz CT molecular complexity index is 417. The third-order valence-electron chi connectivity index (χ3n) is 3.81. The van der Waals surface area contributed by atoms with E-state index in [0.29, 0.717) is 18.9 Å². The largest absolute Gasteiger partial charge is 0.342 e. The topological polar surface area (TPSA) is 46.3 Å². The van der Waals surface area contributed by atoms with Gasteiger partial charge in [-0.3, -0.25) is 4.79 Å². The number of likely N-dealkylation sites (tertiary alicyclic amines) is 1. The lowest BCUT2D eigenvalue weighted by Crippen LogP contribution is -2.42. The molecule has 18 heavy (non-hydrogen) atoms. The van der Waals surface area contributed by atoms with Crippen molar-refractivity contribution < 1.29 is 4.79 Å². The standard InChI is InChI=1S/C15H22N2O/c1-12-5-2-3-7-14(12)9-15(18)17-8-4-6-13(10-16)11-17/h2-3,5,7,13H,4,6,8-11,16H2,1H3. The highest BCUT2D eigenvalue weighted by Gasteiger charge is 2.22. The van der Waals surface area contributed by atoms with Gasteiger partial charge in [-0.25, -0.2) is 0 Å². The third-order valence-corrected chi connectivity index (χ3v) is 3.81. The van der Waals surface area contributed by atoms with Crippen LogP contribution >= 0.6 is 0 Å². The molecular formula is C15H22N2O. The summed E-state index contributed by atoms with van der Waals surface area (Å²) in [7, 11) is 0. The summed E-state index contributed by atoms with van der Waals surface area (Å²) in [6.45, 7) is 4.47. The highest BCUT2D eigenvalue weighted by molar-refractivity contribution is 5.79. The van der Waals surface area contributed by atoms with Crippen LogP contribution in [0.3, 0.4) is 0 Å². The molecule has 0 aromatic heterocycles. The number of nitrogens with zero attached hydrogens (tertiary/aromatic N) is 1. The monoisotopic (exact) mass is 246 g/mol. The predicted octanol–water partition coefficient (Wildman–Crippen LogP) is 1.73. The lowest BCUT2D eigenvalue weighted by atomic mass is 9.97. The van der Waals surface area contributed by atoms with Crippen LogP contribution in [-0.4, -0.2) is 30.4 Å². The van der Waals surface area contributed by atoms with E-state index in [0.717, 1.165) is 31.5 Å². The smallest absolute Gasteiger partial charge is 0.227 e. The minimum Gasteiger partial charge on any atom is -0.342 e. The molecule has 1 aromatic carbocycles. The van der Waals surface area contributed by atoms with Crippen molar-refractivity contribution in [2.24, 2.45) is 11.7 Å². The highest BCUT2D eigenvalue weighted by Crippen LogP contribution is 2.17.